The third-order valence-electron chi connectivity index (χ3n) is 3.62. The minimum atomic E-state index is -0.332. The molecule has 1 saturated carbocycles. The molecule has 0 radical (unpaired) electrons. The highest BCUT2D eigenvalue weighted by Gasteiger charge is 2.13. The molecule has 0 bridgehead atoms. The average molecular weight is 246 g/mol. The molecule has 1 fully saturated rings. The van der Waals surface area contributed by atoms with Gasteiger partial charge in [0.05, 0.1) is 11.6 Å². The van der Waals surface area contributed by atoms with E-state index in [0.29, 0.717) is 12.1 Å². The summed E-state index contributed by atoms with van der Waals surface area (Å²) in [4.78, 5) is 0. The molecule has 2 nitrogen and oxygen atoms in total. The van der Waals surface area contributed by atoms with Crippen LogP contribution >= 0.6 is 0 Å². The summed E-state index contributed by atoms with van der Waals surface area (Å²) in [5.74, 6) is 0.543. The molecule has 1 aromatic rings. The van der Waals surface area contributed by atoms with Gasteiger partial charge in [0.25, 0.3) is 0 Å². The highest BCUT2D eigenvalue weighted by Crippen LogP contribution is 2.26. The lowest BCUT2D eigenvalue weighted by atomic mass is 10.0. The van der Waals surface area contributed by atoms with Crippen molar-refractivity contribution in [1.29, 1.82) is 5.26 Å². The van der Waals surface area contributed by atoms with Crippen molar-refractivity contribution in [3.05, 3.63) is 35.1 Å². The summed E-state index contributed by atoms with van der Waals surface area (Å²) >= 11 is 0. The first kappa shape index (κ1) is 13.0. The van der Waals surface area contributed by atoms with E-state index in [1.807, 2.05) is 6.07 Å². The van der Waals surface area contributed by atoms with Crippen LogP contribution in [-0.4, -0.2) is 6.54 Å². The summed E-state index contributed by atoms with van der Waals surface area (Å²) in [6.07, 6.45) is 6.68. The second-order valence-corrected chi connectivity index (χ2v) is 5.08. The molecule has 0 atom stereocenters. The van der Waals surface area contributed by atoms with Crippen LogP contribution in [0.25, 0.3) is 0 Å². The monoisotopic (exact) mass is 246 g/mol. The molecule has 0 aromatic heterocycles. The van der Waals surface area contributed by atoms with Crippen LogP contribution in [-0.2, 0) is 6.54 Å². The Morgan fingerprint density at radius 3 is 2.78 bits per heavy atom. The number of nitriles is 1. The van der Waals surface area contributed by atoms with Crippen molar-refractivity contribution in [2.24, 2.45) is 5.92 Å². The Bertz CT molecular complexity index is 431. The van der Waals surface area contributed by atoms with Crippen LogP contribution in [0.5, 0.6) is 0 Å². The molecule has 96 valence electrons. The van der Waals surface area contributed by atoms with E-state index in [2.05, 4.69) is 5.32 Å². The SMILES string of the molecule is N#Cc1cc(F)cc(CNCCC2CCCC2)c1. The van der Waals surface area contributed by atoms with E-state index in [-0.39, 0.29) is 5.82 Å². The number of hydrogen-bond acceptors (Lipinski definition) is 2. The Labute approximate surface area is 108 Å². The van der Waals surface area contributed by atoms with Crippen molar-refractivity contribution >= 4 is 0 Å². The minimum absolute atomic E-state index is 0.332. The highest BCUT2D eigenvalue weighted by atomic mass is 19.1. The molecular formula is C15H19FN2. The van der Waals surface area contributed by atoms with Gasteiger partial charge < -0.3 is 5.32 Å². The Kier molecular flexibility index (Phi) is 4.72. The van der Waals surface area contributed by atoms with E-state index in [0.717, 1.165) is 18.0 Å². The summed E-state index contributed by atoms with van der Waals surface area (Å²) in [5, 5.41) is 12.1. The van der Waals surface area contributed by atoms with E-state index >= 15 is 0 Å². The first-order chi connectivity index (χ1) is 8.78. The van der Waals surface area contributed by atoms with Gasteiger partial charge in [0.2, 0.25) is 0 Å². The predicted molar refractivity (Wildman–Crippen MR) is 69.4 cm³/mol. The van der Waals surface area contributed by atoms with Gasteiger partial charge in [-0.3, -0.25) is 0 Å². The fraction of sp³-hybridized carbons (Fsp3) is 0.533. The molecule has 0 spiro atoms. The Balaban J connectivity index is 1.75. The first-order valence-electron chi connectivity index (χ1n) is 6.68. The van der Waals surface area contributed by atoms with Gasteiger partial charge in [-0.25, -0.2) is 4.39 Å². The number of hydrogen-bond donors (Lipinski definition) is 1. The van der Waals surface area contributed by atoms with Crippen LogP contribution in [0, 0.1) is 23.1 Å². The normalized spacial score (nSPS) is 15.8. The highest BCUT2D eigenvalue weighted by molar-refractivity contribution is 5.33. The van der Waals surface area contributed by atoms with Gasteiger partial charge in [-0.2, -0.15) is 5.26 Å². The molecule has 0 aliphatic heterocycles. The van der Waals surface area contributed by atoms with E-state index in [9.17, 15) is 4.39 Å². The molecule has 1 aliphatic carbocycles. The van der Waals surface area contributed by atoms with Crippen LogP contribution in [0.2, 0.25) is 0 Å². The predicted octanol–water partition coefficient (Wildman–Crippen LogP) is 3.37. The maximum Gasteiger partial charge on any atom is 0.124 e. The zero-order valence-corrected chi connectivity index (χ0v) is 10.6. The van der Waals surface area contributed by atoms with E-state index in [4.69, 9.17) is 5.26 Å². The second-order valence-electron chi connectivity index (χ2n) is 5.08. The number of rotatable bonds is 5. The molecule has 0 amide bonds. The van der Waals surface area contributed by atoms with Gasteiger partial charge in [-0.05, 0) is 42.6 Å². The quantitative estimate of drug-likeness (QED) is 0.808. The van der Waals surface area contributed by atoms with Gasteiger partial charge in [-0.1, -0.05) is 25.7 Å². The first-order valence-corrected chi connectivity index (χ1v) is 6.68. The molecule has 1 N–H and O–H groups in total. The lowest BCUT2D eigenvalue weighted by Crippen LogP contribution is -2.17. The fourth-order valence-corrected chi connectivity index (χ4v) is 2.65. The molecule has 0 unspecified atom stereocenters. The van der Waals surface area contributed by atoms with Crippen molar-refractivity contribution < 1.29 is 4.39 Å². The molecule has 1 aliphatic rings. The number of benzene rings is 1. The summed E-state index contributed by atoms with van der Waals surface area (Å²) in [6, 6.07) is 6.47. The Hall–Kier alpha value is -1.40. The summed E-state index contributed by atoms with van der Waals surface area (Å²) in [6.45, 7) is 1.61. The molecular weight excluding hydrogens is 227 g/mol. The van der Waals surface area contributed by atoms with Gasteiger partial charge >= 0.3 is 0 Å². The second kappa shape index (κ2) is 6.51. The molecule has 0 saturated heterocycles. The zero-order valence-electron chi connectivity index (χ0n) is 10.6. The third kappa shape index (κ3) is 3.82. The van der Waals surface area contributed by atoms with Gasteiger partial charge in [0.1, 0.15) is 5.82 Å². The van der Waals surface area contributed by atoms with E-state index < -0.39 is 0 Å². The Morgan fingerprint density at radius 2 is 2.06 bits per heavy atom. The van der Waals surface area contributed by atoms with Crippen LogP contribution in [0.1, 0.15) is 43.2 Å². The topological polar surface area (TPSA) is 35.8 Å². The van der Waals surface area contributed by atoms with Crippen LogP contribution in [0.15, 0.2) is 18.2 Å². The number of nitrogens with one attached hydrogen (secondary N) is 1. The summed E-state index contributed by atoms with van der Waals surface area (Å²) in [5.41, 5.74) is 1.24. The maximum atomic E-state index is 13.2. The van der Waals surface area contributed by atoms with Crippen molar-refractivity contribution in [3.63, 3.8) is 0 Å². The maximum absolute atomic E-state index is 13.2. The van der Waals surface area contributed by atoms with Crippen molar-refractivity contribution in [3.8, 4) is 6.07 Å². The van der Waals surface area contributed by atoms with Crippen molar-refractivity contribution in [1.82, 2.24) is 5.32 Å². The third-order valence-corrected chi connectivity index (χ3v) is 3.62. The zero-order chi connectivity index (χ0) is 12.8. The lowest BCUT2D eigenvalue weighted by molar-refractivity contribution is 0.477. The molecule has 1 aromatic carbocycles. The lowest BCUT2D eigenvalue weighted by Gasteiger charge is -2.10. The van der Waals surface area contributed by atoms with Gasteiger partial charge in [-0.15, -0.1) is 0 Å². The van der Waals surface area contributed by atoms with Crippen molar-refractivity contribution in [2.75, 3.05) is 6.54 Å². The van der Waals surface area contributed by atoms with E-state index in [1.54, 1.807) is 6.07 Å². The Morgan fingerprint density at radius 1 is 1.28 bits per heavy atom. The molecule has 3 heteroatoms. The average Bonchev–Trinajstić information content (AvgIpc) is 2.87. The van der Waals surface area contributed by atoms with Crippen molar-refractivity contribution in [2.45, 2.75) is 38.6 Å². The van der Waals surface area contributed by atoms with Crippen LogP contribution in [0.3, 0.4) is 0 Å². The molecule has 2 rings (SSSR count). The molecule has 0 heterocycles. The standard InChI is InChI=1S/C15H19FN2/c16-15-8-13(10-17)7-14(9-15)11-18-6-5-12-3-1-2-4-12/h7-9,12,18H,1-6,11H2. The molecule has 18 heavy (non-hydrogen) atoms. The van der Waals surface area contributed by atoms with E-state index in [1.165, 1.54) is 44.2 Å². The number of nitrogens with zero attached hydrogens (tertiary/aromatic N) is 1. The largest absolute Gasteiger partial charge is 0.313 e. The van der Waals surface area contributed by atoms with Crippen LogP contribution < -0.4 is 5.32 Å². The van der Waals surface area contributed by atoms with Crippen LogP contribution in [0.4, 0.5) is 4.39 Å². The smallest absolute Gasteiger partial charge is 0.124 e. The minimum Gasteiger partial charge on any atom is -0.313 e. The fourth-order valence-electron chi connectivity index (χ4n) is 2.65. The summed E-state index contributed by atoms with van der Waals surface area (Å²) in [7, 11) is 0. The summed E-state index contributed by atoms with van der Waals surface area (Å²) < 4.78 is 13.2. The van der Waals surface area contributed by atoms with Gasteiger partial charge in [0.15, 0.2) is 0 Å². The van der Waals surface area contributed by atoms with Gasteiger partial charge in [0, 0.05) is 6.54 Å². The number of halogens is 1.